The van der Waals surface area contributed by atoms with E-state index in [-0.39, 0.29) is 12.1 Å². The number of rotatable bonds is 7. The first-order valence-electron chi connectivity index (χ1n) is 7.08. The SMILES string of the molecule is CCCC(OCC)c1noc(CC2COCCN2)n1. The molecule has 0 saturated carbocycles. The van der Waals surface area contributed by atoms with Gasteiger partial charge in [0.2, 0.25) is 11.7 Å². The maximum atomic E-state index is 5.65. The maximum Gasteiger partial charge on any atom is 0.228 e. The van der Waals surface area contributed by atoms with Crippen LogP contribution < -0.4 is 5.32 Å². The number of hydrogen-bond donors (Lipinski definition) is 1. The largest absolute Gasteiger partial charge is 0.378 e. The van der Waals surface area contributed by atoms with E-state index in [1.54, 1.807) is 0 Å². The van der Waals surface area contributed by atoms with E-state index >= 15 is 0 Å². The summed E-state index contributed by atoms with van der Waals surface area (Å²) in [6.07, 6.45) is 2.60. The molecule has 0 aliphatic carbocycles. The van der Waals surface area contributed by atoms with Crippen LogP contribution in [0.1, 0.15) is 44.5 Å². The van der Waals surface area contributed by atoms with E-state index in [2.05, 4.69) is 22.4 Å². The van der Waals surface area contributed by atoms with Crippen LogP contribution in [0.5, 0.6) is 0 Å². The third-order valence-corrected chi connectivity index (χ3v) is 3.11. The molecule has 0 amide bonds. The maximum absolute atomic E-state index is 5.65. The number of morpholine rings is 1. The number of hydrogen-bond acceptors (Lipinski definition) is 6. The zero-order chi connectivity index (χ0) is 13.5. The van der Waals surface area contributed by atoms with Crippen molar-refractivity contribution in [1.82, 2.24) is 15.5 Å². The second-order valence-electron chi connectivity index (χ2n) is 4.71. The molecule has 1 saturated heterocycles. The minimum Gasteiger partial charge on any atom is -0.378 e. The van der Waals surface area contributed by atoms with Crippen molar-refractivity contribution in [3.05, 3.63) is 11.7 Å². The molecule has 6 heteroatoms. The molecule has 1 aromatic heterocycles. The third-order valence-electron chi connectivity index (χ3n) is 3.11. The van der Waals surface area contributed by atoms with Gasteiger partial charge in [0, 0.05) is 25.6 Å². The van der Waals surface area contributed by atoms with Crippen molar-refractivity contribution in [3.63, 3.8) is 0 Å². The van der Waals surface area contributed by atoms with Gasteiger partial charge in [0.1, 0.15) is 6.10 Å². The summed E-state index contributed by atoms with van der Waals surface area (Å²) in [5, 5.41) is 7.41. The van der Waals surface area contributed by atoms with Crippen molar-refractivity contribution in [2.24, 2.45) is 0 Å². The number of nitrogens with zero attached hydrogens (tertiary/aromatic N) is 2. The van der Waals surface area contributed by atoms with Gasteiger partial charge in [-0.2, -0.15) is 4.98 Å². The van der Waals surface area contributed by atoms with E-state index in [0.717, 1.165) is 26.0 Å². The van der Waals surface area contributed by atoms with Gasteiger partial charge in [0.15, 0.2) is 0 Å². The van der Waals surface area contributed by atoms with Crippen LogP contribution in [0, 0.1) is 0 Å². The third kappa shape index (κ3) is 4.26. The van der Waals surface area contributed by atoms with E-state index in [1.165, 1.54) is 0 Å². The summed E-state index contributed by atoms with van der Waals surface area (Å²) in [6, 6.07) is 0.263. The van der Waals surface area contributed by atoms with Crippen LogP contribution in [-0.4, -0.2) is 42.5 Å². The molecular weight excluding hydrogens is 246 g/mol. The van der Waals surface area contributed by atoms with Crippen molar-refractivity contribution in [3.8, 4) is 0 Å². The number of ether oxygens (including phenoxy) is 2. The standard InChI is InChI=1S/C13H23N3O3/c1-3-5-11(18-4-2)13-15-12(19-16-13)8-10-9-17-7-6-14-10/h10-11,14H,3-9H2,1-2H3. The van der Waals surface area contributed by atoms with Gasteiger partial charge >= 0.3 is 0 Å². The molecule has 0 bridgehead atoms. The first-order chi connectivity index (χ1) is 9.33. The highest BCUT2D eigenvalue weighted by atomic mass is 16.5. The molecule has 6 nitrogen and oxygen atoms in total. The monoisotopic (exact) mass is 269 g/mol. The quantitative estimate of drug-likeness (QED) is 0.808. The number of nitrogens with one attached hydrogen (secondary N) is 1. The van der Waals surface area contributed by atoms with Gasteiger partial charge in [-0.05, 0) is 13.3 Å². The molecular formula is C13H23N3O3. The fraction of sp³-hybridized carbons (Fsp3) is 0.846. The van der Waals surface area contributed by atoms with E-state index in [9.17, 15) is 0 Å². The summed E-state index contributed by atoms with van der Waals surface area (Å²) in [6.45, 7) is 7.11. The van der Waals surface area contributed by atoms with Crippen molar-refractivity contribution in [2.75, 3.05) is 26.4 Å². The van der Waals surface area contributed by atoms with E-state index in [1.807, 2.05) is 6.92 Å². The van der Waals surface area contributed by atoms with Gasteiger partial charge in [-0.1, -0.05) is 18.5 Å². The first-order valence-corrected chi connectivity index (χ1v) is 7.08. The highest BCUT2D eigenvalue weighted by Crippen LogP contribution is 2.20. The molecule has 1 N–H and O–H groups in total. The predicted molar refractivity (Wildman–Crippen MR) is 69.9 cm³/mol. The van der Waals surface area contributed by atoms with Crippen molar-refractivity contribution >= 4 is 0 Å². The Balaban J connectivity index is 1.92. The lowest BCUT2D eigenvalue weighted by Gasteiger charge is -2.22. The van der Waals surface area contributed by atoms with Crippen LogP contribution in [0.2, 0.25) is 0 Å². The average Bonchev–Trinajstić information content (AvgIpc) is 2.88. The summed E-state index contributed by atoms with van der Waals surface area (Å²) in [5.41, 5.74) is 0. The Labute approximate surface area is 113 Å². The van der Waals surface area contributed by atoms with Crippen LogP contribution in [0.4, 0.5) is 0 Å². The summed E-state index contributed by atoms with van der Waals surface area (Å²) >= 11 is 0. The Morgan fingerprint density at radius 3 is 3.05 bits per heavy atom. The molecule has 108 valence electrons. The van der Waals surface area contributed by atoms with Crippen molar-refractivity contribution in [2.45, 2.75) is 45.3 Å². The van der Waals surface area contributed by atoms with Crippen molar-refractivity contribution < 1.29 is 14.0 Å². The van der Waals surface area contributed by atoms with Crippen LogP contribution in [-0.2, 0) is 15.9 Å². The van der Waals surface area contributed by atoms with Crippen LogP contribution >= 0.6 is 0 Å². The zero-order valence-electron chi connectivity index (χ0n) is 11.7. The molecule has 19 heavy (non-hydrogen) atoms. The van der Waals surface area contributed by atoms with Gasteiger partial charge in [0.05, 0.1) is 13.2 Å². The summed E-state index contributed by atoms with van der Waals surface area (Å²) in [5.74, 6) is 1.31. The van der Waals surface area contributed by atoms with Gasteiger partial charge in [0.25, 0.3) is 0 Å². The molecule has 0 spiro atoms. The Bertz CT molecular complexity index is 358. The zero-order valence-corrected chi connectivity index (χ0v) is 11.7. The van der Waals surface area contributed by atoms with E-state index < -0.39 is 0 Å². The highest BCUT2D eigenvalue weighted by Gasteiger charge is 2.21. The smallest absolute Gasteiger partial charge is 0.228 e. The van der Waals surface area contributed by atoms with Gasteiger partial charge in [-0.3, -0.25) is 0 Å². The first kappa shape index (κ1) is 14.4. The molecule has 1 aliphatic heterocycles. The molecule has 2 atom stereocenters. The Morgan fingerprint density at radius 2 is 2.37 bits per heavy atom. The lowest BCUT2D eigenvalue weighted by atomic mass is 10.2. The topological polar surface area (TPSA) is 69.4 Å². The summed E-state index contributed by atoms with van der Waals surface area (Å²) in [7, 11) is 0. The second-order valence-corrected chi connectivity index (χ2v) is 4.71. The Kier molecular flexibility index (Phi) is 5.75. The minimum absolute atomic E-state index is 0.0527. The van der Waals surface area contributed by atoms with Crippen molar-refractivity contribution in [1.29, 1.82) is 0 Å². The minimum atomic E-state index is -0.0527. The summed E-state index contributed by atoms with van der Waals surface area (Å²) in [4.78, 5) is 4.44. The average molecular weight is 269 g/mol. The van der Waals surface area contributed by atoms with Crippen LogP contribution in [0.25, 0.3) is 0 Å². The van der Waals surface area contributed by atoms with Gasteiger partial charge < -0.3 is 19.3 Å². The van der Waals surface area contributed by atoms with Gasteiger partial charge in [-0.25, -0.2) is 0 Å². The van der Waals surface area contributed by atoms with Crippen LogP contribution in [0.15, 0.2) is 4.52 Å². The van der Waals surface area contributed by atoms with E-state index in [4.69, 9.17) is 14.0 Å². The second kappa shape index (κ2) is 7.57. The Hall–Kier alpha value is -0.980. The fourth-order valence-corrected chi connectivity index (χ4v) is 2.19. The number of aromatic nitrogens is 2. The van der Waals surface area contributed by atoms with Crippen LogP contribution in [0.3, 0.4) is 0 Å². The lowest BCUT2D eigenvalue weighted by Crippen LogP contribution is -2.42. The molecule has 1 aromatic rings. The molecule has 1 fully saturated rings. The molecule has 0 aromatic carbocycles. The molecule has 1 aliphatic rings. The lowest BCUT2D eigenvalue weighted by molar-refractivity contribution is 0.0477. The fourth-order valence-electron chi connectivity index (χ4n) is 2.19. The molecule has 2 rings (SSSR count). The van der Waals surface area contributed by atoms with E-state index in [0.29, 0.717) is 31.3 Å². The van der Waals surface area contributed by atoms with Gasteiger partial charge in [-0.15, -0.1) is 0 Å². The molecule has 0 radical (unpaired) electrons. The Morgan fingerprint density at radius 1 is 1.47 bits per heavy atom. The predicted octanol–water partition coefficient (Wildman–Crippen LogP) is 1.48. The molecule has 2 unspecified atom stereocenters. The highest BCUT2D eigenvalue weighted by molar-refractivity contribution is 4.94. The summed E-state index contributed by atoms with van der Waals surface area (Å²) < 4.78 is 16.4. The normalized spacial score (nSPS) is 21.5. The molecule has 2 heterocycles.